The summed E-state index contributed by atoms with van der Waals surface area (Å²) in [4.78, 5) is 2.31. The molecule has 15 aromatic rings. The van der Waals surface area contributed by atoms with Gasteiger partial charge >= 0.3 is 0 Å². The van der Waals surface area contributed by atoms with Gasteiger partial charge in [0.05, 0.1) is 0 Å². The van der Waals surface area contributed by atoms with Gasteiger partial charge < -0.3 is 22.6 Å². The molecule has 11 aromatic carbocycles. The maximum Gasteiger partial charge on any atom is 0.178 e. The van der Waals surface area contributed by atoms with Gasteiger partial charge in [-0.1, -0.05) is 78.9 Å². The largest absolute Gasteiger partial charge is 0.452 e. The summed E-state index contributed by atoms with van der Waals surface area (Å²) in [7, 11) is 0. The van der Waals surface area contributed by atoms with Crippen molar-refractivity contribution < 1.29 is 17.7 Å². The highest BCUT2D eigenvalue weighted by molar-refractivity contribution is 6.23. The van der Waals surface area contributed by atoms with E-state index < -0.39 is 0 Å². The number of anilines is 3. The normalized spacial score (nSPS) is 12.4. The lowest BCUT2D eigenvalue weighted by Gasteiger charge is -2.26. The topological polar surface area (TPSA) is 55.8 Å². The molecule has 0 spiro atoms. The highest BCUT2D eigenvalue weighted by atomic mass is 16.4. The average molecular weight is 806 g/mol. The van der Waals surface area contributed by atoms with Crippen LogP contribution >= 0.6 is 0 Å². The van der Waals surface area contributed by atoms with E-state index >= 15 is 0 Å². The number of nitrogens with zero attached hydrogens (tertiary/aromatic N) is 1. The first-order valence-electron chi connectivity index (χ1n) is 21.3. The van der Waals surface area contributed by atoms with Crippen molar-refractivity contribution in [3.05, 3.63) is 188 Å². The highest BCUT2D eigenvalue weighted by Crippen LogP contribution is 2.45. The molecule has 0 bridgehead atoms. The maximum absolute atomic E-state index is 6.71. The van der Waals surface area contributed by atoms with Gasteiger partial charge in [-0.25, -0.2) is 0 Å². The molecule has 5 nitrogen and oxygen atoms in total. The molecule has 0 fully saturated rings. The van der Waals surface area contributed by atoms with Gasteiger partial charge in [-0.05, 0) is 152 Å². The number of para-hydroxylation sites is 1. The van der Waals surface area contributed by atoms with Gasteiger partial charge in [-0.3, -0.25) is 0 Å². The van der Waals surface area contributed by atoms with Crippen LogP contribution in [0.25, 0.3) is 131 Å². The van der Waals surface area contributed by atoms with Crippen LogP contribution in [0.3, 0.4) is 0 Å². The van der Waals surface area contributed by atoms with Crippen molar-refractivity contribution in [2.75, 3.05) is 4.90 Å². The van der Waals surface area contributed by atoms with Crippen LogP contribution in [0.1, 0.15) is 0 Å². The third kappa shape index (κ3) is 4.71. The van der Waals surface area contributed by atoms with Crippen LogP contribution in [0.5, 0.6) is 0 Å². The molecule has 4 heterocycles. The quantitative estimate of drug-likeness (QED) is 0.178. The summed E-state index contributed by atoms with van der Waals surface area (Å²) in [6.45, 7) is 0. The van der Waals surface area contributed by atoms with E-state index in [-0.39, 0.29) is 0 Å². The Bertz CT molecular complexity index is 4180. The summed E-state index contributed by atoms with van der Waals surface area (Å²) in [5, 5.41) is 17.7. The van der Waals surface area contributed by atoms with Crippen molar-refractivity contribution >= 4 is 148 Å². The van der Waals surface area contributed by atoms with Gasteiger partial charge in [0.25, 0.3) is 0 Å². The summed E-state index contributed by atoms with van der Waals surface area (Å²) >= 11 is 0. The van der Waals surface area contributed by atoms with E-state index in [1.165, 1.54) is 10.8 Å². The monoisotopic (exact) mass is 805 g/mol. The van der Waals surface area contributed by atoms with Crippen LogP contribution < -0.4 is 4.90 Å². The molecule has 4 aromatic heterocycles. The van der Waals surface area contributed by atoms with E-state index in [2.05, 4.69) is 193 Å². The number of benzene rings is 11. The third-order valence-corrected chi connectivity index (χ3v) is 13.3. The van der Waals surface area contributed by atoms with Crippen molar-refractivity contribution in [1.29, 1.82) is 0 Å². The molecule has 0 radical (unpaired) electrons. The van der Waals surface area contributed by atoms with E-state index in [1.54, 1.807) is 0 Å². The van der Waals surface area contributed by atoms with Crippen LogP contribution in [-0.2, 0) is 0 Å². The minimum atomic E-state index is 0.773. The van der Waals surface area contributed by atoms with Gasteiger partial charge in [0, 0.05) is 60.2 Å². The van der Waals surface area contributed by atoms with Crippen LogP contribution in [0.2, 0.25) is 0 Å². The van der Waals surface area contributed by atoms with Gasteiger partial charge in [0.1, 0.15) is 22.3 Å². The molecule has 15 rings (SSSR count). The molecule has 0 amide bonds. The molecule has 63 heavy (non-hydrogen) atoms. The highest BCUT2D eigenvalue weighted by Gasteiger charge is 2.21. The molecule has 0 saturated heterocycles. The van der Waals surface area contributed by atoms with Crippen LogP contribution in [0.15, 0.2) is 206 Å². The van der Waals surface area contributed by atoms with Crippen molar-refractivity contribution in [2.45, 2.75) is 0 Å². The lowest BCUT2D eigenvalue weighted by Crippen LogP contribution is -2.09. The lowest BCUT2D eigenvalue weighted by molar-refractivity contribution is 0.634. The second kappa shape index (κ2) is 12.1. The average Bonchev–Trinajstić information content (AvgIpc) is 4.08. The molecule has 0 aliphatic heterocycles. The summed E-state index contributed by atoms with van der Waals surface area (Å²) in [5.74, 6) is 0. The first-order valence-corrected chi connectivity index (χ1v) is 21.3. The molecule has 0 aliphatic rings. The maximum atomic E-state index is 6.71. The van der Waals surface area contributed by atoms with Crippen molar-refractivity contribution in [3.8, 4) is 0 Å². The Morgan fingerprint density at radius 2 is 0.540 bits per heavy atom. The summed E-state index contributed by atoms with van der Waals surface area (Å²) in [6.07, 6.45) is 0. The number of fused-ring (bicyclic) bond motifs is 18. The third-order valence-electron chi connectivity index (χ3n) is 13.3. The van der Waals surface area contributed by atoms with Crippen LogP contribution in [0.4, 0.5) is 17.1 Å². The van der Waals surface area contributed by atoms with Gasteiger partial charge in [0.15, 0.2) is 22.3 Å². The fourth-order valence-corrected chi connectivity index (χ4v) is 10.3. The van der Waals surface area contributed by atoms with Gasteiger partial charge in [-0.15, -0.1) is 0 Å². The summed E-state index contributed by atoms with van der Waals surface area (Å²) in [6, 6.07) is 66.9. The van der Waals surface area contributed by atoms with Gasteiger partial charge in [-0.2, -0.15) is 0 Å². The Kier molecular flexibility index (Phi) is 6.36. The first-order chi connectivity index (χ1) is 31.1. The SMILES string of the molecule is c1ccc(N(c2ccc3cc4c(cc3c2)oc2c4ccc3c4cc5ccccc5cc4oc32)c2ccc3cc4c(cc3c2)oc2c4ccc3c4cc5ccccc5cc4oc32)cc1. The second-order valence-electron chi connectivity index (χ2n) is 16.9. The first kappa shape index (κ1) is 33.2. The Labute approximate surface area is 357 Å². The zero-order valence-electron chi connectivity index (χ0n) is 33.5. The Hall–Kier alpha value is -8.54. The molecular formula is C58H31NO4. The fraction of sp³-hybridized carbons (Fsp3) is 0. The summed E-state index contributed by atoms with van der Waals surface area (Å²) < 4.78 is 26.5. The zero-order valence-corrected chi connectivity index (χ0v) is 33.5. The van der Waals surface area contributed by atoms with Gasteiger partial charge in [0.2, 0.25) is 0 Å². The Balaban J connectivity index is 0.865. The lowest BCUT2D eigenvalue weighted by atomic mass is 10.0. The van der Waals surface area contributed by atoms with E-state index in [0.717, 1.165) is 137 Å². The molecule has 0 aliphatic carbocycles. The van der Waals surface area contributed by atoms with E-state index in [4.69, 9.17) is 17.7 Å². The molecule has 0 saturated carbocycles. The van der Waals surface area contributed by atoms with Crippen molar-refractivity contribution in [2.24, 2.45) is 0 Å². The van der Waals surface area contributed by atoms with E-state index in [0.29, 0.717) is 0 Å². The second-order valence-corrected chi connectivity index (χ2v) is 16.9. The number of rotatable bonds is 3. The predicted octanol–water partition coefficient (Wildman–Crippen LogP) is 17.4. The number of furan rings is 4. The van der Waals surface area contributed by atoms with Crippen LogP contribution in [0, 0.1) is 0 Å². The smallest absolute Gasteiger partial charge is 0.178 e. The zero-order chi connectivity index (χ0) is 40.9. The molecule has 0 N–H and O–H groups in total. The standard InChI is InChI=1S/C58H31NO4/c1-2-12-40(13-3-1)59(41-16-14-36-26-49-45-20-18-43-47-24-32-8-4-6-10-34(32)28-51(47)60-55(43)57(45)62-53(49)30-38(36)22-41)42-17-15-37-27-50-46-21-19-44-48-25-33-9-5-7-11-35(33)29-52(48)61-56(44)58(46)63-54(50)31-39(37)23-42/h1-31H. The molecule has 5 heteroatoms. The molecule has 0 atom stereocenters. The number of hydrogen-bond acceptors (Lipinski definition) is 5. The minimum Gasteiger partial charge on any atom is -0.452 e. The molecular weight excluding hydrogens is 775 g/mol. The minimum absolute atomic E-state index is 0.773. The molecule has 292 valence electrons. The van der Waals surface area contributed by atoms with Crippen molar-refractivity contribution in [1.82, 2.24) is 0 Å². The Morgan fingerprint density at radius 1 is 0.222 bits per heavy atom. The van der Waals surface area contributed by atoms with E-state index in [9.17, 15) is 0 Å². The van der Waals surface area contributed by atoms with E-state index in [1.807, 2.05) is 0 Å². The number of hydrogen-bond donors (Lipinski definition) is 0. The van der Waals surface area contributed by atoms with Crippen LogP contribution in [-0.4, -0.2) is 0 Å². The summed E-state index contributed by atoms with van der Waals surface area (Å²) in [5.41, 5.74) is 9.63. The molecule has 0 unspecified atom stereocenters. The Morgan fingerprint density at radius 3 is 0.921 bits per heavy atom. The predicted molar refractivity (Wildman–Crippen MR) is 260 cm³/mol. The van der Waals surface area contributed by atoms with Crippen molar-refractivity contribution in [3.63, 3.8) is 0 Å². The fourth-order valence-electron chi connectivity index (χ4n) is 10.3.